The lowest BCUT2D eigenvalue weighted by atomic mass is 9.59. The first-order chi connectivity index (χ1) is 41.0. The fourth-order valence-corrected chi connectivity index (χ4v) is 15.3. The van der Waals surface area contributed by atoms with Crippen LogP contribution in [0.2, 0.25) is 0 Å². The molecule has 4 aliphatic heterocycles. The summed E-state index contributed by atoms with van der Waals surface area (Å²) < 4.78 is 55.8. The lowest BCUT2D eigenvalue weighted by molar-refractivity contribution is -0.384. The highest BCUT2D eigenvalue weighted by atomic mass is 32.2. The van der Waals surface area contributed by atoms with Crippen molar-refractivity contribution in [2.24, 2.45) is 11.3 Å². The summed E-state index contributed by atoms with van der Waals surface area (Å²) in [6, 6.07) is 24.1. The number of hydrogen-bond acceptors (Lipinski definition) is 17. The van der Waals surface area contributed by atoms with Gasteiger partial charge >= 0.3 is 0 Å². The topological polar surface area (TPSA) is 230 Å². The second-order valence-electron chi connectivity index (χ2n) is 25.5. The van der Waals surface area contributed by atoms with Crippen molar-refractivity contribution in [3.05, 3.63) is 124 Å². The number of fused-ring (bicyclic) bond motifs is 3. The molecule has 3 aliphatic carbocycles. The third kappa shape index (κ3) is 11.7. The summed E-state index contributed by atoms with van der Waals surface area (Å²) >= 11 is 0. The molecule has 1 spiro atoms. The smallest absolute Gasteiger partial charge is 0.293 e. The van der Waals surface area contributed by atoms with E-state index in [1.165, 1.54) is 30.5 Å². The number of pyridine rings is 2. The van der Waals surface area contributed by atoms with E-state index >= 15 is 0 Å². The number of aromatic nitrogens is 3. The number of sulfonamides is 1. The number of aliphatic hydroxyl groups is 1. The van der Waals surface area contributed by atoms with Crippen molar-refractivity contribution in [1.29, 1.82) is 0 Å². The Morgan fingerprint density at radius 1 is 0.941 bits per heavy atom. The van der Waals surface area contributed by atoms with Crippen molar-refractivity contribution in [2.75, 3.05) is 74.7 Å². The van der Waals surface area contributed by atoms with Crippen LogP contribution in [-0.2, 0) is 21.3 Å². The van der Waals surface area contributed by atoms with Crippen LogP contribution in [0.4, 0.5) is 28.4 Å². The number of piperazine rings is 1. The van der Waals surface area contributed by atoms with Crippen LogP contribution in [0.3, 0.4) is 0 Å². The number of nitro benzene ring substituents is 1. The average Bonchev–Trinajstić information content (AvgIpc) is 1.99. The molecule has 0 bridgehead atoms. The van der Waals surface area contributed by atoms with Gasteiger partial charge in [0.05, 0.1) is 64.3 Å². The maximum absolute atomic E-state index is 14.9. The number of H-pyrrole nitrogens is 1. The largest absolute Gasteiger partial charge is 0.495 e. The van der Waals surface area contributed by atoms with E-state index in [4.69, 9.17) is 28.9 Å². The monoisotopic (exact) mass is 1180 g/mol. The number of nitrogens with one attached hydrogen (secondary N) is 3. The zero-order valence-corrected chi connectivity index (χ0v) is 49.8. The van der Waals surface area contributed by atoms with Gasteiger partial charge in [-0.05, 0) is 163 Å². The zero-order valence-electron chi connectivity index (χ0n) is 49.0. The highest BCUT2D eigenvalue weighted by molar-refractivity contribution is 7.90. The molecule has 3 aromatic heterocycles. The first-order valence-corrected chi connectivity index (χ1v) is 32.0. The molecule has 3 aromatic carbocycles. The lowest BCUT2D eigenvalue weighted by Crippen LogP contribution is -2.59. The number of nitrogens with zero attached hydrogens (tertiary/aromatic N) is 7. The van der Waals surface area contributed by atoms with Crippen molar-refractivity contribution in [3.63, 3.8) is 0 Å². The molecule has 7 aliphatic rings. The van der Waals surface area contributed by atoms with Gasteiger partial charge in [0, 0.05) is 99.5 Å². The predicted molar refractivity (Wildman–Crippen MR) is 324 cm³/mol. The Kier molecular flexibility index (Phi) is 15.4. The fourth-order valence-electron chi connectivity index (χ4n) is 14.4. The Balaban J connectivity index is 0.751. The number of piperidine rings is 1. The third-order valence-corrected chi connectivity index (χ3v) is 20.6. The number of para-hydroxylation sites is 1. The van der Waals surface area contributed by atoms with Crippen LogP contribution in [0.5, 0.6) is 17.4 Å². The predicted octanol–water partition coefficient (Wildman–Crippen LogP) is 10.0. The van der Waals surface area contributed by atoms with Gasteiger partial charge in [-0.15, -0.1) is 0 Å². The molecule has 7 heterocycles. The molecule has 450 valence electrons. The van der Waals surface area contributed by atoms with Crippen LogP contribution < -0.4 is 34.0 Å². The molecule has 6 aromatic rings. The van der Waals surface area contributed by atoms with Crippen LogP contribution in [0.25, 0.3) is 11.0 Å². The molecule has 0 radical (unpaired) electrons. The van der Waals surface area contributed by atoms with Crippen molar-refractivity contribution in [3.8, 4) is 17.4 Å². The van der Waals surface area contributed by atoms with Crippen LogP contribution in [0.15, 0.2) is 96.2 Å². The normalized spacial score (nSPS) is 24.5. The van der Waals surface area contributed by atoms with Crippen LogP contribution in [0, 0.1) is 21.4 Å². The van der Waals surface area contributed by atoms with Crippen LogP contribution in [-0.4, -0.2) is 139 Å². The van der Waals surface area contributed by atoms with E-state index in [0.717, 1.165) is 118 Å². The van der Waals surface area contributed by atoms with Gasteiger partial charge < -0.3 is 44.2 Å². The number of methoxy groups -OCH3 is 1. The summed E-state index contributed by atoms with van der Waals surface area (Å²) in [5, 5.41) is 26.9. The average molecular weight is 1180 g/mol. The molecule has 0 unspecified atom stereocenters. The molecular formula is C64H78N10O10S. The van der Waals surface area contributed by atoms with Gasteiger partial charge in [0.25, 0.3) is 21.6 Å². The molecule has 3 atom stereocenters. The minimum absolute atomic E-state index is 0.0374. The van der Waals surface area contributed by atoms with E-state index in [1.807, 2.05) is 43.6 Å². The second-order valence-corrected chi connectivity index (χ2v) is 27.2. The number of amides is 1. The molecule has 3 saturated heterocycles. The summed E-state index contributed by atoms with van der Waals surface area (Å²) in [5.41, 5.74) is 5.42. The first kappa shape index (κ1) is 57.1. The number of carbonyl (C=O) groups excluding carboxylic acids is 1. The van der Waals surface area contributed by atoms with E-state index in [2.05, 4.69) is 78.8 Å². The summed E-state index contributed by atoms with van der Waals surface area (Å²) in [6.07, 6.45) is 13.3. The number of ether oxygens (including phenoxy) is 4. The van der Waals surface area contributed by atoms with Crippen molar-refractivity contribution < 1.29 is 42.2 Å². The van der Waals surface area contributed by atoms with Crippen molar-refractivity contribution in [1.82, 2.24) is 29.5 Å². The highest BCUT2D eigenvalue weighted by Crippen LogP contribution is 2.54. The number of benzene rings is 3. The second kappa shape index (κ2) is 23.0. The van der Waals surface area contributed by atoms with Crippen molar-refractivity contribution >= 4 is 55.4 Å². The van der Waals surface area contributed by atoms with Gasteiger partial charge in [-0.2, -0.15) is 4.98 Å². The Morgan fingerprint density at radius 3 is 2.51 bits per heavy atom. The lowest BCUT2D eigenvalue weighted by Gasteiger charge is -2.58. The first-order valence-electron chi connectivity index (χ1n) is 30.5. The minimum Gasteiger partial charge on any atom is -0.495 e. The number of carbonyl (C=O) groups is 1. The van der Waals surface area contributed by atoms with Gasteiger partial charge in [0.15, 0.2) is 0 Å². The van der Waals surface area contributed by atoms with Crippen molar-refractivity contribution in [2.45, 2.75) is 145 Å². The van der Waals surface area contributed by atoms with E-state index in [0.29, 0.717) is 73.9 Å². The molecule has 3 saturated carbocycles. The van der Waals surface area contributed by atoms with E-state index < -0.39 is 43.1 Å². The molecule has 20 nitrogen and oxygen atoms in total. The molecule has 4 N–H and O–H groups in total. The van der Waals surface area contributed by atoms with Gasteiger partial charge in [-0.3, -0.25) is 29.7 Å². The van der Waals surface area contributed by atoms with Gasteiger partial charge in [0.2, 0.25) is 5.88 Å². The molecule has 6 fully saturated rings. The molecule has 1 amide bonds. The SMILES string of the molecule is COc1cc(CN2CCN(C3CC4(CCN(c5ccc(C(=O)NS(=O)(=O)c6ccc(NC[C@H]7CC[C@](C)(O)CC7)c([N+](=O)[O-])c6)c(N6c7cc8cc[nH]c8nc7O[C@H]7COCC[C@@H]76)c5)CC4)C3)[C@@H](c3ccccc3OC(C)C)C2)cnc1C1CC1. The summed E-state index contributed by atoms with van der Waals surface area (Å²) in [7, 11) is -2.90. The number of hydrogen-bond donors (Lipinski definition) is 4. The molecule has 13 rings (SSSR count). The minimum atomic E-state index is -4.65. The van der Waals surface area contributed by atoms with Gasteiger partial charge in [0.1, 0.15) is 34.6 Å². The van der Waals surface area contributed by atoms with Gasteiger partial charge in [-0.25, -0.2) is 13.1 Å². The zero-order chi connectivity index (χ0) is 58.8. The molecular weight excluding hydrogens is 1100 g/mol. The third-order valence-electron chi connectivity index (χ3n) is 19.2. The van der Waals surface area contributed by atoms with E-state index in [9.17, 15) is 28.4 Å². The number of nitro groups is 1. The Bertz CT molecular complexity index is 3580. The Hall–Kier alpha value is -7.04. The fraction of sp³-hybridized carbons (Fsp3) is 0.516. The van der Waals surface area contributed by atoms with Gasteiger partial charge in [-0.1, -0.05) is 18.2 Å². The summed E-state index contributed by atoms with van der Waals surface area (Å²) in [5.74, 6) is 2.00. The summed E-state index contributed by atoms with van der Waals surface area (Å²) in [6.45, 7) is 12.3. The van der Waals surface area contributed by atoms with E-state index in [-0.39, 0.29) is 40.8 Å². The maximum atomic E-state index is 14.9. The van der Waals surface area contributed by atoms with E-state index in [1.54, 1.807) is 13.2 Å². The number of anilines is 4. The highest BCUT2D eigenvalue weighted by Gasteiger charge is 2.51. The number of rotatable bonds is 17. The van der Waals surface area contributed by atoms with Crippen LogP contribution in [0.1, 0.15) is 131 Å². The van der Waals surface area contributed by atoms with Crippen LogP contribution >= 0.6 is 0 Å². The summed E-state index contributed by atoms with van der Waals surface area (Å²) in [4.78, 5) is 49.0. The number of aromatic amines is 1. The molecule has 21 heteroatoms. The Morgan fingerprint density at radius 2 is 1.74 bits per heavy atom. The quantitative estimate of drug-likeness (QED) is 0.0492. The molecule has 85 heavy (non-hydrogen) atoms. The standard InChI is InChI=1S/C64H78N10O10S/c1-40(2)83-56-8-6-5-7-48(56)55-38-70(37-42-29-57(81-4)59(67-36-42)43-9-10-43)26-27-72(55)46-33-64(34-46)21-24-71(25-22-64)45-11-13-49(52(31-45)73-51-18-28-82-39-58(51)84-62-54(73)30-44-17-23-65-60(44)68-62)61(75)69-85(79,80)47-12-14-50(53(32-47)74(77)78)66-35-41-15-19-63(3,76)20-16-41/h5-8,11-14,17,23,29-32,36,40-41,43,46,51,55,58,66,76H,9-10,15-16,18-22,24-28,33-35,37-39H2,1-4H3,(H,65,68)(H,69,75)/t41-,51-,55+,58-,63-/m0/s1. The Labute approximate surface area is 496 Å². The maximum Gasteiger partial charge on any atom is 0.293 e.